The second-order valence-corrected chi connectivity index (χ2v) is 4.40. The number of anilines is 1. The molecule has 1 aromatic rings. The van der Waals surface area contributed by atoms with Crippen molar-refractivity contribution >= 4 is 11.6 Å². The van der Waals surface area contributed by atoms with E-state index in [1.165, 1.54) is 0 Å². The zero-order chi connectivity index (χ0) is 13.1. The number of para-hydroxylation sites is 1. The summed E-state index contributed by atoms with van der Waals surface area (Å²) in [5.41, 5.74) is 7.83. The summed E-state index contributed by atoms with van der Waals surface area (Å²) in [5.74, 6) is -0.366. The first-order valence-electron chi connectivity index (χ1n) is 5.91. The second kappa shape index (κ2) is 5.07. The normalized spacial score (nSPS) is 19.3. The molecule has 1 aliphatic heterocycles. The van der Waals surface area contributed by atoms with Crippen molar-refractivity contribution in [3.8, 4) is 6.07 Å². The third kappa shape index (κ3) is 2.15. The van der Waals surface area contributed by atoms with Gasteiger partial charge in [-0.15, -0.1) is 0 Å². The van der Waals surface area contributed by atoms with E-state index >= 15 is 0 Å². The van der Waals surface area contributed by atoms with Crippen LogP contribution in [-0.4, -0.2) is 31.6 Å². The Morgan fingerprint density at radius 1 is 1.61 bits per heavy atom. The fraction of sp³-hybridized carbons (Fsp3) is 0.385. The van der Waals surface area contributed by atoms with E-state index in [9.17, 15) is 10.1 Å². The lowest BCUT2D eigenvalue weighted by Gasteiger charge is -2.37. The van der Waals surface area contributed by atoms with E-state index in [0.717, 1.165) is 17.8 Å². The maximum absolute atomic E-state index is 11.5. The lowest BCUT2D eigenvalue weighted by atomic mass is 10.0. The number of carbonyl (C=O) groups excluding carboxylic acids is 1. The number of carbonyl (C=O) groups is 1. The highest BCUT2D eigenvalue weighted by atomic mass is 16.1. The first kappa shape index (κ1) is 12.4. The number of primary amides is 1. The number of benzene rings is 1. The Morgan fingerprint density at radius 3 is 3.06 bits per heavy atom. The Labute approximate surface area is 106 Å². The summed E-state index contributed by atoms with van der Waals surface area (Å²) in [7, 11) is 0. The van der Waals surface area contributed by atoms with Gasteiger partial charge < -0.3 is 16.0 Å². The Balaban J connectivity index is 2.46. The van der Waals surface area contributed by atoms with Gasteiger partial charge in [-0.25, -0.2) is 0 Å². The van der Waals surface area contributed by atoms with Crippen LogP contribution < -0.4 is 16.0 Å². The van der Waals surface area contributed by atoms with Crippen molar-refractivity contribution in [3.05, 3.63) is 29.3 Å². The number of aryl methyl sites for hydroxylation is 1. The van der Waals surface area contributed by atoms with Crippen LogP contribution in [0.2, 0.25) is 0 Å². The minimum Gasteiger partial charge on any atom is -0.368 e. The summed E-state index contributed by atoms with van der Waals surface area (Å²) < 4.78 is 0. The van der Waals surface area contributed by atoms with E-state index in [-0.39, 0.29) is 5.91 Å². The summed E-state index contributed by atoms with van der Waals surface area (Å²) in [6.07, 6.45) is 0. The topological polar surface area (TPSA) is 82.2 Å². The standard InChI is InChI=1S/C13H16N4O/c1-9-3-2-4-10(7-14)12(9)17-6-5-16-8-11(17)13(15)18/h2-4,11,16H,5-6,8H2,1H3,(H2,15,18). The molecule has 1 fully saturated rings. The number of rotatable bonds is 2. The van der Waals surface area contributed by atoms with Gasteiger partial charge in [-0.1, -0.05) is 12.1 Å². The molecular weight excluding hydrogens is 228 g/mol. The highest BCUT2D eigenvalue weighted by Crippen LogP contribution is 2.27. The van der Waals surface area contributed by atoms with Gasteiger partial charge in [-0.3, -0.25) is 4.79 Å². The van der Waals surface area contributed by atoms with Crippen LogP contribution >= 0.6 is 0 Å². The molecule has 0 saturated carbocycles. The molecule has 0 aliphatic carbocycles. The number of nitrogens with one attached hydrogen (secondary N) is 1. The fourth-order valence-electron chi connectivity index (χ4n) is 2.36. The Hall–Kier alpha value is -2.06. The number of nitriles is 1. The molecule has 1 aliphatic rings. The average molecular weight is 244 g/mol. The highest BCUT2D eigenvalue weighted by molar-refractivity contribution is 5.85. The Morgan fingerprint density at radius 2 is 2.39 bits per heavy atom. The monoisotopic (exact) mass is 244 g/mol. The van der Waals surface area contributed by atoms with Crippen LogP contribution in [0.5, 0.6) is 0 Å². The molecule has 94 valence electrons. The van der Waals surface area contributed by atoms with Crippen LogP contribution in [0.25, 0.3) is 0 Å². The molecule has 0 bridgehead atoms. The van der Waals surface area contributed by atoms with Gasteiger partial charge in [0, 0.05) is 19.6 Å². The minimum absolute atomic E-state index is 0.366. The van der Waals surface area contributed by atoms with Crippen molar-refractivity contribution < 1.29 is 4.79 Å². The molecule has 1 unspecified atom stereocenters. The molecule has 2 rings (SSSR count). The summed E-state index contributed by atoms with van der Waals surface area (Å²) in [6, 6.07) is 7.34. The van der Waals surface area contributed by atoms with Gasteiger partial charge in [0.25, 0.3) is 0 Å². The van der Waals surface area contributed by atoms with Crippen molar-refractivity contribution in [2.45, 2.75) is 13.0 Å². The summed E-state index contributed by atoms with van der Waals surface area (Å²) >= 11 is 0. The van der Waals surface area contributed by atoms with E-state index in [1.807, 2.05) is 24.0 Å². The maximum Gasteiger partial charge on any atom is 0.241 e. The van der Waals surface area contributed by atoms with Gasteiger partial charge in [0.15, 0.2) is 0 Å². The predicted octanol–water partition coefficient (Wildman–Crippen LogP) is 0.130. The lowest BCUT2D eigenvalue weighted by molar-refractivity contribution is -0.119. The van der Waals surface area contributed by atoms with E-state index in [1.54, 1.807) is 6.07 Å². The largest absolute Gasteiger partial charge is 0.368 e. The van der Waals surface area contributed by atoms with E-state index < -0.39 is 6.04 Å². The predicted molar refractivity (Wildman–Crippen MR) is 69.1 cm³/mol. The van der Waals surface area contributed by atoms with Crippen molar-refractivity contribution in [3.63, 3.8) is 0 Å². The number of piperazine rings is 1. The van der Waals surface area contributed by atoms with Gasteiger partial charge in [-0.2, -0.15) is 5.26 Å². The van der Waals surface area contributed by atoms with E-state index in [0.29, 0.717) is 18.7 Å². The minimum atomic E-state index is -0.396. The van der Waals surface area contributed by atoms with E-state index in [2.05, 4.69) is 11.4 Å². The SMILES string of the molecule is Cc1cccc(C#N)c1N1CCNCC1C(N)=O. The molecule has 5 nitrogen and oxygen atoms in total. The third-order valence-corrected chi connectivity index (χ3v) is 3.22. The van der Waals surface area contributed by atoms with Crippen LogP contribution in [0.15, 0.2) is 18.2 Å². The summed E-state index contributed by atoms with van der Waals surface area (Å²) in [4.78, 5) is 13.4. The molecule has 1 amide bonds. The molecule has 3 N–H and O–H groups in total. The summed E-state index contributed by atoms with van der Waals surface area (Å²) in [6.45, 7) is 3.92. The molecule has 0 spiro atoms. The third-order valence-electron chi connectivity index (χ3n) is 3.22. The van der Waals surface area contributed by atoms with Gasteiger partial charge in [0.05, 0.1) is 11.3 Å². The highest BCUT2D eigenvalue weighted by Gasteiger charge is 2.29. The van der Waals surface area contributed by atoms with Crippen LogP contribution in [0.3, 0.4) is 0 Å². The lowest BCUT2D eigenvalue weighted by Crippen LogP contribution is -2.57. The molecule has 18 heavy (non-hydrogen) atoms. The zero-order valence-corrected chi connectivity index (χ0v) is 10.3. The molecule has 1 atom stereocenters. The summed E-state index contributed by atoms with van der Waals surface area (Å²) in [5, 5.41) is 12.3. The molecule has 0 aromatic heterocycles. The number of hydrogen-bond donors (Lipinski definition) is 2. The smallest absolute Gasteiger partial charge is 0.241 e. The van der Waals surface area contributed by atoms with Crippen molar-refractivity contribution in [1.29, 1.82) is 5.26 Å². The molecular formula is C13H16N4O. The number of nitrogens with two attached hydrogens (primary N) is 1. The van der Waals surface area contributed by atoms with Crippen LogP contribution in [0, 0.1) is 18.3 Å². The average Bonchev–Trinajstić information content (AvgIpc) is 2.38. The molecule has 5 heteroatoms. The van der Waals surface area contributed by atoms with Crippen LogP contribution in [0.4, 0.5) is 5.69 Å². The second-order valence-electron chi connectivity index (χ2n) is 4.40. The number of hydrogen-bond acceptors (Lipinski definition) is 4. The molecule has 1 aromatic carbocycles. The quantitative estimate of drug-likeness (QED) is 0.774. The molecule has 1 heterocycles. The van der Waals surface area contributed by atoms with E-state index in [4.69, 9.17) is 5.73 Å². The van der Waals surface area contributed by atoms with Gasteiger partial charge in [-0.05, 0) is 18.6 Å². The maximum atomic E-state index is 11.5. The number of nitrogens with zero attached hydrogens (tertiary/aromatic N) is 2. The first-order valence-corrected chi connectivity index (χ1v) is 5.91. The van der Waals surface area contributed by atoms with Crippen LogP contribution in [-0.2, 0) is 4.79 Å². The van der Waals surface area contributed by atoms with Crippen LogP contribution in [0.1, 0.15) is 11.1 Å². The van der Waals surface area contributed by atoms with Crippen molar-refractivity contribution in [2.24, 2.45) is 5.73 Å². The number of amides is 1. The molecule has 0 radical (unpaired) electrons. The van der Waals surface area contributed by atoms with Crippen molar-refractivity contribution in [2.75, 3.05) is 24.5 Å². The van der Waals surface area contributed by atoms with Crippen molar-refractivity contribution in [1.82, 2.24) is 5.32 Å². The first-order chi connectivity index (χ1) is 8.65. The van der Waals surface area contributed by atoms with Gasteiger partial charge in [0.1, 0.15) is 12.1 Å². The zero-order valence-electron chi connectivity index (χ0n) is 10.3. The van der Waals surface area contributed by atoms with Gasteiger partial charge >= 0.3 is 0 Å². The Kier molecular flexibility index (Phi) is 3.49. The molecule has 1 saturated heterocycles. The Bertz CT molecular complexity index is 506. The van der Waals surface area contributed by atoms with Gasteiger partial charge in [0.2, 0.25) is 5.91 Å². The fourth-order valence-corrected chi connectivity index (χ4v) is 2.36.